The molecule has 0 saturated heterocycles. The first-order chi connectivity index (χ1) is 10.0. The molecule has 1 unspecified atom stereocenters. The number of aromatic hydroxyl groups is 1. The lowest BCUT2D eigenvalue weighted by atomic mass is 10.1. The van der Waals surface area contributed by atoms with E-state index in [2.05, 4.69) is 5.32 Å². The maximum absolute atomic E-state index is 13.5. The molecule has 21 heavy (non-hydrogen) atoms. The lowest BCUT2D eigenvalue weighted by Gasteiger charge is -2.17. The van der Waals surface area contributed by atoms with Crippen LogP contribution in [0.25, 0.3) is 0 Å². The molecule has 1 amide bonds. The highest BCUT2D eigenvalue weighted by Gasteiger charge is 2.20. The quantitative estimate of drug-likeness (QED) is 0.850. The lowest BCUT2D eigenvalue weighted by molar-refractivity contribution is 0.0932. The fourth-order valence-corrected chi connectivity index (χ4v) is 2.12. The summed E-state index contributed by atoms with van der Waals surface area (Å²) in [5.41, 5.74) is -0.0284. The highest BCUT2D eigenvalue weighted by molar-refractivity contribution is 6.18. The van der Waals surface area contributed by atoms with Crippen molar-refractivity contribution in [2.45, 2.75) is 6.04 Å². The van der Waals surface area contributed by atoms with Crippen molar-refractivity contribution >= 4 is 17.5 Å². The van der Waals surface area contributed by atoms with Crippen LogP contribution < -0.4 is 5.32 Å². The first kappa shape index (κ1) is 15.3. The average molecular weight is 312 g/mol. The van der Waals surface area contributed by atoms with E-state index in [9.17, 15) is 18.7 Å². The van der Waals surface area contributed by atoms with Crippen LogP contribution in [-0.4, -0.2) is 16.9 Å². The zero-order chi connectivity index (χ0) is 15.4. The van der Waals surface area contributed by atoms with Crippen LogP contribution in [0, 0.1) is 11.6 Å². The van der Waals surface area contributed by atoms with Crippen LogP contribution in [0.3, 0.4) is 0 Å². The fourth-order valence-electron chi connectivity index (χ4n) is 1.86. The normalized spacial score (nSPS) is 12.0. The zero-order valence-corrected chi connectivity index (χ0v) is 11.6. The van der Waals surface area contributed by atoms with Crippen LogP contribution in [0.15, 0.2) is 42.5 Å². The van der Waals surface area contributed by atoms with Crippen molar-refractivity contribution in [3.05, 3.63) is 65.2 Å². The molecule has 2 aromatic rings. The van der Waals surface area contributed by atoms with Gasteiger partial charge >= 0.3 is 0 Å². The van der Waals surface area contributed by atoms with Crippen LogP contribution in [-0.2, 0) is 0 Å². The number of amides is 1. The number of benzene rings is 2. The molecule has 3 nitrogen and oxygen atoms in total. The van der Waals surface area contributed by atoms with E-state index in [4.69, 9.17) is 11.6 Å². The number of phenols is 1. The summed E-state index contributed by atoms with van der Waals surface area (Å²) in [5, 5.41) is 11.7. The minimum Gasteiger partial charge on any atom is -0.508 e. The Balaban J connectivity index is 2.22. The second-order valence-corrected chi connectivity index (χ2v) is 4.68. The average Bonchev–Trinajstić information content (AvgIpc) is 2.45. The van der Waals surface area contributed by atoms with Crippen LogP contribution in [0.5, 0.6) is 5.75 Å². The summed E-state index contributed by atoms with van der Waals surface area (Å²) >= 11 is 5.79. The Labute approximate surface area is 125 Å². The molecule has 110 valence electrons. The van der Waals surface area contributed by atoms with Gasteiger partial charge in [0.05, 0.1) is 6.04 Å². The molecule has 0 radical (unpaired) electrons. The van der Waals surface area contributed by atoms with Gasteiger partial charge in [0.1, 0.15) is 22.9 Å². The number of carbonyl (C=O) groups excluding carboxylic acids is 1. The van der Waals surface area contributed by atoms with Crippen molar-refractivity contribution in [3.63, 3.8) is 0 Å². The third kappa shape index (κ3) is 3.49. The first-order valence-corrected chi connectivity index (χ1v) is 6.66. The zero-order valence-electron chi connectivity index (χ0n) is 10.8. The van der Waals surface area contributed by atoms with E-state index in [0.717, 1.165) is 12.1 Å². The number of alkyl halides is 1. The molecule has 2 N–H and O–H groups in total. The number of hydrogen-bond donors (Lipinski definition) is 2. The number of rotatable bonds is 4. The number of halogens is 3. The van der Waals surface area contributed by atoms with Gasteiger partial charge in [-0.2, -0.15) is 0 Å². The molecule has 0 aliphatic heterocycles. The van der Waals surface area contributed by atoms with E-state index in [1.54, 1.807) is 12.1 Å². The van der Waals surface area contributed by atoms with Crippen molar-refractivity contribution in [2.24, 2.45) is 0 Å². The topological polar surface area (TPSA) is 49.3 Å². The molecule has 0 spiro atoms. The fraction of sp³-hybridized carbons (Fsp3) is 0.133. The van der Waals surface area contributed by atoms with E-state index >= 15 is 0 Å². The minimum atomic E-state index is -0.938. The summed E-state index contributed by atoms with van der Waals surface area (Å²) in [5.74, 6) is -2.67. The molecule has 0 aliphatic carbocycles. The third-order valence-corrected chi connectivity index (χ3v) is 3.25. The molecule has 0 aliphatic rings. The molecule has 0 bridgehead atoms. The second kappa shape index (κ2) is 6.54. The number of hydrogen-bond acceptors (Lipinski definition) is 2. The summed E-state index contributed by atoms with van der Waals surface area (Å²) < 4.78 is 27.1. The standard InChI is InChI=1S/C15H12ClF2NO2/c16-8-13(9-4-6-10(20)7-5-9)19-15(21)14-11(17)2-1-3-12(14)18/h1-7,13,20H,8H2,(H,19,21). The van der Waals surface area contributed by atoms with Crippen molar-refractivity contribution in [2.75, 3.05) is 5.88 Å². The van der Waals surface area contributed by atoms with Crippen molar-refractivity contribution < 1.29 is 18.7 Å². The van der Waals surface area contributed by atoms with E-state index < -0.39 is 29.1 Å². The Morgan fingerprint density at radius 3 is 2.24 bits per heavy atom. The van der Waals surface area contributed by atoms with Gasteiger partial charge in [-0.05, 0) is 29.8 Å². The third-order valence-electron chi connectivity index (χ3n) is 2.94. The van der Waals surface area contributed by atoms with Crippen molar-refractivity contribution in [1.29, 1.82) is 0 Å². The Bertz CT molecular complexity index is 626. The lowest BCUT2D eigenvalue weighted by Crippen LogP contribution is -2.31. The number of carbonyl (C=O) groups is 1. The van der Waals surface area contributed by atoms with Crippen molar-refractivity contribution in [1.82, 2.24) is 5.32 Å². The van der Waals surface area contributed by atoms with Gasteiger partial charge in [-0.25, -0.2) is 8.78 Å². The van der Waals surface area contributed by atoms with E-state index in [1.807, 2.05) is 0 Å². The van der Waals surface area contributed by atoms with Gasteiger partial charge < -0.3 is 10.4 Å². The summed E-state index contributed by atoms with van der Waals surface area (Å²) in [7, 11) is 0. The Hall–Kier alpha value is -2.14. The van der Waals surface area contributed by atoms with Gasteiger partial charge in [0.15, 0.2) is 0 Å². The summed E-state index contributed by atoms with van der Waals surface area (Å²) in [4.78, 5) is 12.0. The Kier molecular flexibility index (Phi) is 4.75. The SMILES string of the molecule is O=C(NC(CCl)c1ccc(O)cc1)c1c(F)cccc1F. The molecule has 1 atom stereocenters. The molecule has 0 aromatic heterocycles. The van der Waals surface area contributed by atoms with E-state index in [1.165, 1.54) is 18.2 Å². The van der Waals surface area contributed by atoms with Crippen LogP contribution in [0.2, 0.25) is 0 Å². The monoisotopic (exact) mass is 311 g/mol. The van der Waals surface area contributed by atoms with Crippen LogP contribution in [0.1, 0.15) is 22.0 Å². The molecule has 2 rings (SSSR count). The number of nitrogens with one attached hydrogen (secondary N) is 1. The highest BCUT2D eigenvalue weighted by Crippen LogP contribution is 2.20. The predicted octanol–water partition coefficient (Wildman–Crippen LogP) is 3.38. The molecule has 2 aromatic carbocycles. The number of phenolic OH excluding ortho intramolecular Hbond substituents is 1. The van der Waals surface area contributed by atoms with Crippen LogP contribution >= 0.6 is 11.6 Å². The molecule has 0 fully saturated rings. The van der Waals surface area contributed by atoms with Gasteiger partial charge in [-0.1, -0.05) is 18.2 Å². The molecular weight excluding hydrogens is 300 g/mol. The van der Waals surface area contributed by atoms with Crippen molar-refractivity contribution in [3.8, 4) is 5.75 Å². The maximum Gasteiger partial charge on any atom is 0.257 e. The summed E-state index contributed by atoms with van der Waals surface area (Å²) in [6.07, 6.45) is 0. The molecule has 0 saturated carbocycles. The van der Waals surface area contributed by atoms with E-state index in [-0.39, 0.29) is 11.6 Å². The van der Waals surface area contributed by atoms with Gasteiger partial charge in [-0.3, -0.25) is 4.79 Å². The summed E-state index contributed by atoms with van der Waals surface area (Å²) in [6, 6.07) is 8.58. The van der Waals surface area contributed by atoms with Gasteiger partial charge in [0.25, 0.3) is 5.91 Å². The molecule has 0 heterocycles. The van der Waals surface area contributed by atoms with Gasteiger partial charge in [0, 0.05) is 5.88 Å². The van der Waals surface area contributed by atoms with Crippen LogP contribution in [0.4, 0.5) is 8.78 Å². The second-order valence-electron chi connectivity index (χ2n) is 4.37. The summed E-state index contributed by atoms with van der Waals surface area (Å²) in [6.45, 7) is 0. The Morgan fingerprint density at radius 2 is 1.71 bits per heavy atom. The van der Waals surface area contributed by atoms with Gasteiger partial charge in [-0.15, -0.1) is 11.6 Å². The smallest absolute Gasteiger partial charge is 0.257 e. The predicted molar refractivity (Wildman–Crippen MR) is 75.4 cm³/mol. The maximum atomic E-state index is 13.5. The molecule has 6 heteroatoms. The minimum absolute atomic E-state index is 0.0204. The molecular formula is C15H12ClF2NO2. The first-order valence-electron chi connectivity index (χ1n) is 6.12. The van der Waals surface area contributed by atoms with E-state index in [0.29, 0.717) is 5.56 Å². The van der Waals surface area contributed by atoms with Gasteiger partial charge in [0.2, 0.25) is 0 Å². The Morgan fingerprint density at radius 1 is 1.14 bits per heavy atom. The highest BCUT2D eigenvalue weighted by atomic mass is 35.5. The largest absolute Gasteiger partial charge is 0.508 e.